The zero-order valence-corrected chi connectivity index (χ0v) is 13.2. The molecule has 1 N–H and O–H groups in total. The number of aliphatic hydroxyl groups is 1. The molecule has 2 aromatic carbocycles. The summed E-state index contributed by atoms with van der Waals surface area (Å²) in [6.07, 6.45) is 0. The molecule has 1 aliphatic heterocycles. The quantitative estimate of drug-likeness (QED) is 0.748. The Balaban J connectivity index is 2.48. The Kier molecular flexibility index (Phi) is 3.22. The SMILES string of the molecule is CN1c2ccccc2C(O)(Cl)c2ccc(Cl)cc2S1(=O)=O. The Morgan fingerprint density at radius 1 is 1.14 bits per heavy atom. The van der Waals surface area contributed by atoms with Crippen LogP contribution in [0, 0.1) is 0 Å². The first-order chi connectivity index (χ1) is 9.76. The van der Waals surface area contributed by atoms with Gasteiger partial charge in [-0.25, -0.2) is 8.42 Å². The molecule has 3 rings (SSSR count). The number of nitrogens with zero attached hydrogens (tertiary/aromatic N) is 1. The van der Waals surface area contributed by atoms with E-state index < -0.39 is 15.1 Å². The number of rotatable bonds is 0. The molecule has 1 atom stereocenters. The van der Waals surface area contributed by atoms with Gasteiger partial charge in [0.2, 0.25) is 0 Å². The van der Waals surface area contributed by atoms with Gasteiger partial charge in [-0.05, 0) is 18.2 Å². The molecule has 0 saturated carbocycles. The van der Waals surface area contributed by atoms with Crippen molar-refractivity contribution in [1.29, 1.82) is 0 Å². The number of hydrogen-bond donors (Lipinski definition) is 1. The number of hydrogen-bond acceptors (Lipinski definition) is 3. The van der Waals surface area contributed by atoms with Gasteiger partial charge in [0, 0.05) is 23.2 Å². The lowest BCUT2D eigenvalue weighted by Crippen LogP contribution is -2.26. The monoisotopic (exact) mass is 343 g/mol. The van der Waals surface area contributed by atoms with Crippen molar-refractivity contribution in [2.45, 2.75) is 9.96 Å². The second-order valence-corrected chi connectivity index (χ2v) is 7.67. The Labute approximate surface area is 132 Å². The van der Waals surface area contributed by atoms with E-state index in [9.17, 15) is 13.5 Å². The smallest absolute Gasteiger partial charge is 0.264 e. The lowest BCUT2D eigenvalue weighted by molar-refractivity contribution is 0.171. The molecule has 0 bridgehead atoms. The fourth-order valence-electron chi connectivity index (χ4n) is 2.43. The zero-order valence-electron chi connectivity index (χ0n) is 10.9. The van der Waals surface area contributed by atoms with Gasteiger partial charge in [-0.15, -0.1) is 0 Å². The van der Waals surface area contributed by atoms with Crippen LogP contribution in [-0.4, -0.2) is 20.6 Å². The molecule has 7 heteroatoms. The first kappa shape index (κ1) is 14.7. The molecule has 1 aliphatic rings. The first-order valence-corrected chi connectivity index (χ1v) is 8.25. The lowest BCUT2D eigenvalue weighted by atomic mass is 9.99. The molecule has 1 unspecified atom stereocenters. The summed E-state index contributed by atoms with van der Waals surface area (Å²) in [5.74, 6) is 0. The third-order valence-corrected chi connectivity index (χ3v) is 5.99. The minimum absolute atomic E-state index is 0.0883. The summed E-state index contributed by atoms with van der Waals surface area (Å²) < 4.78 is 26.5. The van der Waals surface area contributed by atoms with E-state index in [1.165, 1.54) is 25.2 Å². The predicted octanol–water partition coefficient (Wildman–Crippen LogP) is 2.91. The van der Waals surface area contributed by atoms with Crippen molar-refractivity contribution in [3.05, 3.63) is 58.6 Å². The van der Waals surface area contributed by atoms with E-state index >= 15 is 0 Å². The van der Waals surface area contributed by atoms with Crippen LogP contribution in [0.25, 0.3) is 0 Å². The number of alkyl halides is 1. The molecular formula is C14H11Cl2NO3S. The molecular weight excluding hydrogens is 333 g/mol. The molecule has 2 aromatic rings. The minimum atomic E-state index is -3.86. The molecule has 21 heavy (non-hydrogen) atoms. The topological polar surface area (TPSA) is 57.6 Å². The molecule has 0 fully saturated rings. The highest BCUT2D eigenvalue weighted by Gasteiger charge is 2.42. The minimum Gasteiger partial charge on any atom is -0.367 e. The van der Waals surface area contributed by atoms with Gasteiger partial charge in [0.05, 0.1) is 10.6 Å². The van der Waals surface area contributed by atoms with Crippen molar-refractivity contribution in [2.24, 2.45) is 0 Å². The summed E-state index contributed by atoms with van der Waals surface area (Å²) in [7, 11) is -2.45. The van der Waals surface area contributed by atoms with Crippen molar-refractivity contribution in [1.82, 2.24) is 0 Å². The van der Waals surface area contributed by atoms with Gasteiger partial charge in [0.15, 0.2) is 5.06 Å². The highest BCUT2D eigenvalue weighted by molar-refractivity contribution is 7.92. The van der Waals surface area contributed by atoms with E-state index in [-0.39, 0.29) is 15.5 Å². The molecule has 0 radical (unpaired) electrons. The van der Waals surface area contributed by atoms with Crippen LogP contribution in [-0.2, 0) is 15.1 Å². The zero-order chi connectivity index (χ0) is 15.4. The number of benzene rings is 2. The van der Waals surface area contributed by atoms with Crippen molar-refractivity contribution in [3.63, 3.8) is 0 Å². The van der Waals surface area contributed by atoms with E-state index in [2.05, 4.69) is 0 Å². The van der Waals surface area contributed by atoms with E-state index in [1.54, 1.807) is 24.3 Å². The molecule has 4 nitrogen and oxygen atoms in total. The number of anilines is 1. The Morgan fingerprint density at radius 3 is 2.52 bits per heavy atom. The van der Waals surface area contributed by atoms with Crippen LogP contribution >= 0.6 is 23.2 Å². The van der Waals surface area contributed by atoms with Crippen molar-refractivity contribution < 1.29 is 13.5 Å². The van der Waals surface area contributed by atoms with Crippen molar-refractivity contribution >= 4 is 38.9 Å². The third kappa shape index (κ3) is 2.04. The van der Waals surface area contributed by atoms with Crippen molar-refractivity contribution in [2.75, 3.05) is 11.4 Å². The highest BCUT2D eigenvalue weighted by Crippen LogP contribution is 2.46. The van der Waals surface area contributed by atoms with E-state index in [0.29, 0.717) is 11.3 Å². The Morgan fingerprint density at radius 2 is 1.81 bits per heavy atom. The average molecular weight is 344 g/mol. The van der Waals surface area contributed by atoms with Gasteiger partial charge in [0.25, 0.3) is 10.0 Å². The Hall–Kier alpha value is -1.27. The van der Waals surface area contributed by atoms with Gasteiger partial charge in [0.1, 0.15) is 0 Å². The fraction of sp³-hybridized carbons (Fsp3) is 0.143. The fourth-order valence-corrected chi connectivity index (χ4v) is 4.53. The van der Waals surface area contributed by atoms with E-state index in [4.69, 9.17) is 23.2 Å². The number of sulfonamides is 1. The van der Waals surface area contributed by atoms with Crippen LogP contribution in [0.5, 0.6) is 0 Å². The van der Waals surface area contributed by atoms with Crippen LogP contribution in [0.1, 0.15) is 11.1 Å². The van der Waals surface area contributed by atoms with Crippen molar-refractivity contribution in [3.8, 4) is 0 Å². The molecule has 110 valence electrons. The number of halogens is 2. The van der Waals surface area contributed by atoms with Gasteiger partial charge < -0.3 is 5.11 Å². The summed E-state index contributed by atoms with van der Waals surface area (Å²) in [5, 5.41) is 9.03. The summed E-state index contributed by atoms with van der Waals surface area (Å²) in [5.41, 5.74) is 0.714. The van der Waals surface area contributed by atoms with Gasteiger partial charge in [-0.3, -0.25) is 4.31 Å². The maximum Gasteiger partial charge on any atom is 0.264 e. The van der Waals surface area contributed by atoms with Crippen LogP contribution in [0.15, 0.2) is 47.4 Å². The van der Waals surface area contributed by atoms with Crippen LogP contribution in [0.4, 0.5) is 5.69 Å². The molecule has 1 heterocycles. The first-order valence-electron chi connectivity index (χ1n) is 6.06. The predicted molar refractivity (Wildman–Crippen MR) is 82.3 cm³/mol. The largest absolute Gasteiger partial charge is 0.367 e. The van der Waals surface area contributed by atoms with Gasteiger partial charge in [-0.2, -0.15) is 0 Å². The van der Waals surface area contributed by atoms with Gasteiger partial charge >= 0.3 is 0 Å². The van der Waals surface area contributed by atoms with Crippen LogP contribution < -0.4 is 4.31 Å². The normalized spacial score (nSPS) is 23.1. The number of para-hydroxylation sites is 1. The molecule has 0 aliphatic carbocycles. The Bertz CT molecular complexity index is 834. The summed E-state index contributed by atoms with van der Waals surface area (Å²) in [4.78, 5) is -0.105. The summed E-state index contributed by atoms with van der Waals surface area (Å²) >= 11 is 12.2. The van der Waals surface area contributed by atoms with E-state index in [0.717, 1.165) is 4.31 Å². The standard InChI is InChI=1S/C14H11Cl2NO3S/c1-17-12-5-3-2-4-10(12)14(16,18)11-7-6-9(15)8-13(11)21(17,19)20/h2-8,18H,1H3. The maximum atomic E-state index is 12.7. The molecule has 0 saturated heterocycles. The summed E-state index contributed by atoms with van der Waals surface area (Å²) in [6.45, 7) is 0. The van der Waals surface area contributed by atoms with Crippen LogP contribution in [0.2, 0.25) is 5.02 Å². The van der Waals surface area contributed by atoms with Gasteiger partial charge in [-0.1, -0.05) is 47.5 Å². The third-order valence-electron chi connectivity index (χ3n) is 3.54. The van der Waals surface area contributed by atoms with Crippen LogP contribution in [0.3, 0.4) is 0 Å². The molecule has 0 spiro atoms. The molecule has 0 aromatic heterocycles. The maximum absolute atomic E-state index is 12.7. The molecule has 0 amide bonds. The van der Waals surface area contributed by atoms with E-state index in [1.807, 2.05) is 0 Å². The second kappa shape index (κ2) is 4.61. The lowest BCUT2D eigenvalue weighted by Gasteiger charge is -2.23. The average Bonchev–Trinajstić information content (AvgIpc) is 2.49. The number of fused-ring (bicyclic) bond motifs is 2. The second-order valence-electron chi connectivity index (χ2n) is 4.75. The summed E-state index contributed by atoms with van der Waals surface area (Å²) in [6, 6.07) is 10.8. The highest BCUT2D eigenvalue weighted by atomic mass is 35.5.